The van der Waals surface area contributed by atoms with Crippen LogP contribution in [0.15, 0.2) is 78.9 Å². The number of ether oxygens (including phenoxy) is 2. The Hall–Kier alpha value is -4.06. The molecule has 6 nitrogen and oxygen atoms in total. The van der Waals surface area contributed by atoms with E-state index < -0.39 is 5.54 Å². The molecule has 0 spiro atoms. The lowest BCUT2D eigenvalue weighted by atomic mass is 9.88. The van der Waals surface area contributed by atoms with Gasteiger partial charge < -0.3 is 14.8 Å². The number of amides is 2. The van der Waals surface area contributed by atoms with Crippen molar-refractivity contribution in [2.45, 2.75) is 33.2 Å². The highest BCUT2D eigenvalue weighted by Crippen LogP contribution is 2.41. The molecule has 0 aliphatic carbocycles. The molecule has 0 aromatic heterocycles. The van der Waals surface area contributed by atoms with Crippen LogP contribution in [0.5, 0.6) is 11.5 Å². The highest BCUT2D eigenvalue weighted by molar-refractivity contribution is 6.10. The van der Waals surface area contributed by atoms with Gasteiger partial charge in [-0.3, -0.25) is 14.5 Å². The number of rotatable bonds is 7. The van der Waals surface area contributed by atoms with Crippen molar-refractivity contribution < 1.29 is 19.1 Å². The topological polar surface area (TPSA) is 67.9 Å². The van der Waals surface area contributed by atoms with Gasteiger partial charge in [-0.2, -0.15) is 0 Å². The van der Waals surface area contributed by atoms with Crippen LogP contribution in [-0.4, -0.2) is 30.6 Å². The van der Waals surface area contributed by atoms with Crippen LogP contribution >= 0.6 is 0 Å². The van der Waals surface area contributed by atoms with Crippen LogP contribution in [0.25, 0.3) is 5.57 Å². The van der Waals surface area contributed by atoms with Crippen molar-refractivity contribution in [2.24, 2.45) is 0 Å². The molecule has 35 heavy (non-hydrogen) atoms. The lowest BCUT2D eigenvalue weighted by Crippen LogP contribution is -2.49. The standard InChI is InChI=1S/C29H30N2O4/c1-5-34-23-13-11-22(12-14-23)30-27(32)19-35-24-15-16-26-25(17-24)20(2)18-29(3,4)31(26)28(33)21-9-7-6-8-10-21/h6-18H,5,19H2,1-4H3,(H,30,32). The zero-order chi connectivity index (χ0) is 25.0. The van der Waals surface area contributed by atoms with Crippen LogP contribution in [0.4, 0.5) is 11.4 Å². The summed E-state index contributed by atoms with van der Waals surface area (Å²) in [5.74, 6) is 0.984. The number of hydrogen-bond donors (Lipinski definition) is 1. The van der Waals surface area contributed by atoms with Gasteiger partial charge >= 0.3 is 0 Å². The Morgan fingerprint density at radius 3 is 2.29 bits per heavy atom. The summed E-state index contributed by atoms with van der Waals surface area (Å²) in [5, 5.41) is 2.82. The molecule has 0 saturated carbocycles. The summed E-state index contributed by atoms with van der Waals surface area (Å²) >= 11 is 0. The van der Waals surface area contributed by atoms with Crippen LogP contribution in [0, 0.1) is 0 Å². The van der Waals surface area contributed by atoms with Crippen molar-refractivity contribution in [3.63, 3.8) is 0 Å². The molecule has 180 valence electrons. The van der Waals surface area contributed by atoms with Gasteiger partial charge in [-0.25, -0.2) is 0 Å². The van der Waals surface area contributed by atoms with E-state index in [4.69, 9.17) is 9.47 Å². The van der Waals surface area contributed by atoms with Crippen molar-refractivity contribution >= 4 is 28.8 Å². The predicted molar refractivity (Wildman–Crippen MR) is 139 cm³/mol. The third-order valence-electron chi connectivity index (χ3n) is 5.82. The average Bonchev–Trinajstić information content (AvgIpc) is 2.84. The molecule has 4 rings (SSSR count). The van der Waals surface area contributed by atoms with Gasteiger partial charge in [-0.05, 0) is 87.9 Å². The first-order chi connectivity index (χ1) is 16.8. The molecule has 0 atom stereocenters. The fourth-order valence-electron chi connectivity index (χ4n) is 4.33. The van der Waals surface area contributed by atoms with Crippen molar-refractivity contribution in [3.8, 4) is 11.5 Å². The Morgan fingerprint density at radius 2 is 1.60 bits per heavy atom. The molecular formula is C29H30N2O4. The summed E-state index contributed by atoms with van der Waals surface area (Å²) in [6, 6.07) is 22.0. The van der Waals surface area contributed by atoms with E-state index in [1.54, 1.807) is 18.2 Å². The van der Waals surface area contributed by atoms with Crippen LogP contribution in [0.3, 0.4) is 0 Å². The lowest BCUT2D eigenvalue weighted by molar-refractivity contribution is -0.118. The molecule has 0 saturated heterocycles. The Kier molecular flexibility index (Phi) is 6.92. The molecule has 0 unspecified atom stereocenters. The Morgan fingerprint density at radius 1 is 0.914 bits per heavy atom. The van der Waals surface area contributed by atoms with Gasteiger partial charge in [0.05, 0.1) is 17.8 Å². The summed E-state index contributed by atoms with van der Waals surface area (Å²) in [6.45, 7) is 8.45. The first kappa shape index (κ1) is 24.1. The minimum absolute atomic E-state index is 0.0657. The number of carbonyl (C=O) groups excluding carboxylic acids is 2. The van der Waals surface area contributed by atoms with Gasteiger partial charge in [0, 0.05) is 16.8 Å². The maximum Gasteiger partial charge on any atom is 0.262 e. The second-order valence-electron chi connectivity index (χ2n) is 8.96. The third-order valence-corrected chi connectivity index (χ3v) is 5.82. The SMILES string of the molecule is CCOc1ccc(NC(=O)COc2ccc3c(c2)C(C)=CC(C)(C)N3C(=O)c2ccccc2)cc1. The Balaban J connectivity index is 1.49. The first-order valence-corrected chi connectivity index (χ1v) is 11.7. The molecule has 1 heterocycles. The number of anilines is 2. The molecule has 0 bridgehead atoms. The largest absolute Gasteiger partial charge is 0.494 e. The predicted octanol–water partition coefficient (Wildman–Crippen LogP) is 5.95. The second kappa shape index (κ2) is 10.1. The van der Waals surface area contributed by atoms with Gasteiger partial charge in [0.25, 0.3) is 11.8 Å². The van der Waals surface area contributed by atoms with E-state index in [1.165, 1.54) is 0 Å². The average molecular weight is 471 g/mol. The quantitative estimate of drug-likeness (QED) is 0.464. The van der Waals surface area contributed by atoms with E-state index in [-0.39, 0.29) is 18.4 Å². The Bertz CT molecular complexity index is 1250. The Labute approximate surface area is 206 Å². The molecule has 0 fully saturated rings. The van der Waals surface area contributed by atoms with E-state index in [2.05, 4.69) is 11.4 Å². The maximum absolute atomic E-state index is 13.4. The highest BCUT2D eigenvalue weighted by Gasteiger charge is 2.36. The molecule has 6 heteroatoms. The molecule has 2 amide bonds. The summed E-state index contributed by atoms with van der Waals surface area (Å²) in [6.07, 6.45) is 2.08. The normalized spacial score (nSPS) is 13.9. The van der Waals surface area contributed by atoms with E-state index in [1.807, 2.05) is 87.2 Å². The van der Waals surface area contributed by atoms with E-state index in [0.717, 1.165) is 22.6 Å². The van der Waals surface area contributed by atoms with Gasteiger partial charge in [-0.15, -0.1) is 0 Å². The molecular weight excluding hydrogens is 440 g/mol. The highest BCUT2D eigenvalue weighted by atomic mass is 16.5. The minimum Gasteiger partial charge on any atom is -0.494 e. The minimum atomic E-state index is -0.496. The van der Waals surface area contributed by atoms with Crippen LogP contribution in [0.2, 0.25) is 0 Å². The maximum atomic E-state index is 13.4. The number of hydrogen-bond acceptors (Lipinski definition) is 4. The molecule has 1 aliphatic heterocycles. The third kappa shape index (κ3) is 5.38. The van der Waals surface area contributed by atoms with E-state index in [0.29, 0.717) is 23.6 Å². The molecule has 3 aromatic carbocycles. The summed E-state index contributed by atoms with van der Waals surface area (Å²) in [7, 11) is 0. The lowest BCUT2D eigenvalue weighted by Gasteiger charge is -2.41. The smallest absolute Gasteiger partial charge is 0.262 e. The van der Waals surface area contributed by atoms with Gasteiger partial charge in [0.2, 0.25) is 0 Å². The number of allylic oxidation sites excluding steroid dienone is 1. The van der Waals surface area contributed by atoms with Crippen LogP contribution in [0.1, 0.15) is 43.6 Å². The number of fused-ring (bicyclic) bond motifs is 1. The van der Waals surface area contributed by atoms with Gasteiger partial charge in [0.15, 0.2) is 6.61 Å². The van der Waals surface area contributed by atoms with Crippen molar-refractivity contribution in [2.75, 3.05) is 23.4 Å². The zero-order valence-corrected chi connectivity index (χ0v) is 20.5. The summed E-state index contributed by atoms with van der Waals surface area (Å²) < 4.78 is 11.2. The van der Waals surface area contributed by atoms with Crippen molar-refractivity contribution in [3.05, 3.63) is 90.0 Å². The van der Waals surface area contributed by atoms with Crippen LogP contribution in [-0.2, 0) is 4.79 Å². The number of nitrogens with one attached hydrogen (secondary N) is 1. The number of carbonyl (C=O) groups is 2. The second-order valence-corrected chi connectivity index (χ2v) is 8.96. The molecule has 1 aliphatic rings. The van der Waals surface area contributed by atoms with Crippen LogP contribution < -0.4 is 19.7 Å². The molecule has 3 aromatic rings. The van der Waals surface area contributed by atoms with Gasteiger partial charge in [-0.1, -0.05) is 24.3 Å². The fourth-order valence-corrected chi connectivity index (χ4v) is 4.33. The van der Waals surface area contributed by atoms with E-state index in [9.17, 15) is 9.59 Å². The zero-order valence-electron chi connectivity index (χ0n) is 20.5. The van der Waals surface area contributed by atoms with Gasteiger partial charge in [0.1, 0.15) is 11.5 Å². The fraction of sp³-hybridized carbons (Fsp3) is 0.241. The van der Waals surface area contributed by atoms with Crippen molar-refractivity contribution in [1.29, 1.82) is 0 Å². The first-order valence-electron chi connectivity index (χ1n) is 11.7. The van der Waals surface area contributed by atoms with Crippen molar-refractivity contribution in [1.82, 2.24) is 0 Å². The molecule has 0 radical (unpaired) electrons. The monoisotopic (exact) mass is 470 g/mol. The summed E-state index contributed by atoms with van der Waals surface area (Å²) in [5.41, 5.74) is 3.57. The summed E-state index contributed by atoms with van der Waals surface area (Å²) in [4.78, 5) is 27.6. The number of nitrogens with zero attached hydrogens (tertiary/aromatic N) is 1. The number of benzene rings is 3. The molecule has 1 N–H and O–H groups in total. The van der Waals surface area contributed by atoms with E-state index >= 15 is 0 Å².